The number of aryl methyl sites for hydroxylation is 1. The van der Waals surface area contributed by atoms with Gasteiger partial charge in [0.2, 0.25) is 11.7 Å². The fourth-order valence-electron chi connectivity index (χ4n) is 3.16. The predicted octanol–water partition coefficient (Wildman–Crippen LogP) is 3.40. The van der Waals surface area contributed by atoms with Crippen LogP contribution in [0.2, 0.25) is 0 Å². The molecule has 0 saturated carbocycles. The van der Waals surface area contributed by atoms with Crippen LogP contribution < -0.4 is 10.2 Å². The van der Waals surface area contributed by atoms with Gasteiger partial charge in [-0.25, -0.2) is 4.79 Å². The molecule has 2 aromatic carbocycles. The Labute approximate surface area is 157 Å². The number of nitrogens with one attached hydrogen (secondary N) is 1. The number of amides is 2. The largest absolute Gasteiger partial charge is 0.368 e. The van der Waals surface area contributed by atoms with Gasteiger partial charge in [-0.2, -0.15) is 4.98 Å². The summed E-state index contributed by atoms with van der Waals surface area (Å²) in [6.45, 7) is 4.76. The van der Waals surface area contributed by atoms with E-state index >= 15 is 0 Å². The fourth-order valence-corrected chi connectivity index (χ4v) is 3.16. The quantitative estimate of drug-likeness (QED) is 0.772. The van der Waals surface area contributed by atoms with Gasteiger partial charge in [-0.05, 0) is 24.3 Å². The molecular weight excluding hydrogens is 342 g/mol. The van der Waals surface area contributed by atoms with Crippen LogP contribution in [0.3, 0.4) is 0 Å². The Morgan fingerprint density at radius 2 is 1.81 bits per heavy atom. The molecule has 2 heterocycles. The number of benzene rings is 2. The minimum Gasteiger partial charge on any atom is -0.368 e. The van der Waals surface area contributed by atoms with Crippen LogP contribution in [0.4, 0.5) is 16.2 Å². The van der Waals surface area contributed by atoms with Crippen molar-refractivity contribution in [1.82, 2.24) is 15.0 Å². The molecule has 0 radical (unpaired) electrons. The molecule has 7 heteroatoms. The van der Waals surface area contributed by atoms with E-state index in [0.29, 0.717) is 30.5 Å². The lowest BCUT2D eigenvalue weighted by Gasteiger charge is -2.36. The first-order valence-electron chi connectivity index (χ1n) is 8.96. The molecule has 4 rings (SSSR count). The van der Waals surface area contributed by atoms with Crippen molar-refractivity contribution in [3.63, 3.8) is 0 Å². The molecule has 1 saturated heterocycles. The Morgan fingerprint density at radius 1 is 1.04 bits per heavy atom. The topological polar surface area (TPSA) is 74.5 Å². The van der Waals surface area contributed by atoms with Crippen molar-refractivity contribution >= 4 is 17.4 Å². The summed E-state index contributed by atoms with van der Waals surface area (Å²) in [6.07, 6.45) is 0. The maximum absolute atomic E-state index is 12.6. The van der Waals surface area contributed by atoms with Gasteiger partial charge in [-0.1, -0.05) is 35.5 Å². The number of rotatable bonds is 3. The second-order valence-corrected chi connectivity index (χ2v) is 6.46. The van der Waals surface area contributed by atoms with Gasteiger partial charge in [0.05, 0.1) is 0 Å². The number of carbonyl (C=O) groups excluding carboxylic acids is 1. The summed E-state index contributed by atoms with van der Waals surface area (Å²) in [5.74, 6) is 1.02. The molecule has 7 nitrogen and oxygen atoms in total. The average molecular weight is 363 g/mol. The van der Waals surface area contributed by atoms with Crippen LogP contribution in [-0.4, -0.2) is 47.3 Å². The minimum absolute atomic E-state index is 0.0934. The highest BCUT2D eigenvalue weighted by Crippen LogP contribution is 2.21. The molecule has 0 unspecified atom stereocenters. The third kappa shape index (κ3) is 3.92. The normalized spacial score (nSPS) is 14.3. The molecule has 1 N–H and O–H groups in total. The molecule has 1 fully saturated rings. The van der Waals surface area contributed by atoms with Crippen molar-refractivity contribution in [2.24, 2.45) is 0 Å². The summed E-state index contributed by atoms with van der Waals surface area (Å²) in [4.78, 5) is 21.0. The SMILES string of the molecule is Cc1nc(-c2cccc(NC(=O)N3CCN(c4ccccc4)CC3)c2)no1. The average Bonchev–Trinajstić information content (AvgIpc) is 3.15. The molecule has 27 heavy (non-hydrogen) atoms. The van der Waals surface area contributed by atoms with Crippen LogP contribution in [0.5, 0.6) is 0 Å². The van der Waals surface area contributed by atoms with Gasteiger partial charge in [0.25, 0.3) is 0 Å². The molecule has 2 amide bonds. The molecule has 1 aliphatic heterocycles. The molecule has 0 aliphatic carbocycles. The highest BCUT2D eigenvalue weighted by molar-refractivity contribution is 5.90. The standard InChI is InChI=1S/C20H21N5O2/c1-15-21-19(23-27-15)16-6-5-7-17(14-16)22-20(26)25-12-10-24(11-13-25)18-8-3-2-4-9-18/h2-9,14H,10-13H2,1H3,(H,22,26). The van der Waals surface area contributed by atoms with E-state index in [1.165, 1.54) is 5.69 Å². The molecule has 1 aliphatic rings. The summed E-state index contributed by atoms with van der Waals surface area (Å²) in [5, 5.41) is 6.88. The Balaban J connectivity index is 1.37. The number of hydrogen-bond donors (Lipinski definition) is 1. The number of piperazine rings is 1. The van der Waals surface area contributed by atoms with Crippen molar-refractivity contribution in [3.8, 4) is 11.4 Å². The number of anilines is 2. The summed E-state index contributed by atoms with van der Waals surface area (Å²) in [6, 6.07) is 17.6. The van der Waals surface area contributed by atoms with Crippen LogP contribution in [0.25, 0.3) is 11.4 Å². The first-order chi connectivity index (χ1) is 13.2. The number of para-hydroxylation sites is 1. The van der Waals surface area contributed by atoms with Gasteiger partial charge in [0.15, 0.2) is 0 Å². The van der Waals surface area contributed by atoms with Crippen LogP contribution in [0, 0.1) is 6.92 Å². The molecular formula is C20H21N5O2. The Morgan fingerprint density at radius 3 is 2.52 bits per heavy atom. The monoisotopic (exact) mass is 363 g/mol. The van der Waals surface area contributed by atoms with E-state index in [1.807, 2.05) is 47.4 Å². The van der Waals surface area contributed by atoms with E-state index in [2.05, 4.69) is 32.5 Å². The molecule has 1 aromatic heterocycles. The van der Waals surface area contributed by atoms with Crippen molar-refractivity contribution < 1.29 is 9.32 Å². The maximum atomic E-state index is 12.6. The number of aromatic nitrogens is 2. The van der Waals surface area contributed by atoms with E-state index in [9.17, 15) is 4.79 Å². The zero-order valence-electron chi connectivity index (χ0n) is 15.1. The summed E-state index contributed by atoms with van der Waals surface area (Å²) in [7, 11) is 0. The van der Waals surface area contributed by atoms with Gasteiger partial charge < -0.3 is 19.6 Å². The van der Waals surface area contributed by atoms with Gasteiger partial charge in [-0.3, -0.25) is 0 Å². The number of urea groups is 1. The van der Waals surface area contributed by atoms with E-state index < -0.39 is 0 Å². The Kier molecular flexibility index (Phi) is 4.74. The van der Waals surface area contributed by atoms with E-state index in [0.717, 1.165) is 18.7 Å². The first kappa shape index (κ1) is 17.1. The second kappa shape index (κ2) is 7.49. The third-order valence-electron chi connectivity index (χ3n) is 4.59. The van der Waals surface area contributed by atoms with Gasteiger partial charge in [0.1, 0.15) is 0 Å². The Bertz CT molecular complexity index is 917. The molecule has 0 spiro atoms. The van der Waals surface area contributed by atoms with Crippen LogP contribution in [0.15, 0.2) is 59.1 Å². The number of hydrogen-bond acceptors (Lipinski definition) is 5. The van der Waals surface area contributed by atoms with Crippen molar-refractivity contribution in [2.75, 3.05) is 36.4 Å². The maximum Gasteiger partial charge on any atom is 0.321 e. The first-order valence-corrected chi connectivity index (χ1v) is 8.96. The lowest BCUT2D eigenvalue weighted by molar-refractivity contribution is 0.208. The van der Waals surface area contributed by atoms with Crippen LogP contribution >= 0.6 is 0 Å². The summed E-state index contributed by atoms with van der Waals surface area (Å²) in [5.41, 5.74) is 2.71. The van der Waals surface area contributed by atoms with Crippen molar-refractivity contribution in [1.29, 1.82) is 0 Å². The van der Waals surface area contributed by atoms with Crippen molar-refractivity contribution in [2.45, 2.75) is 6.92 Å². The van der Waals surface area contributed by atoms with Crippen molar-refractivity contribution in [3.05, 3.63) is 60.5 Å². The Hall–Kier alpha value is -3.35. The lowest BCUT2D eigenvalue weighted by atomic mass is 10.2. The summed E-state index contributed by atoms with van der Waals surface area (Å²) < 4.78 is 5.02. The predicted molar refractivity (Wildman–Crippen MR) is 104 cm³/mol. The third-order valence-corrected chi connectivity index (χ3v) is 4.59. The highest BCUT2D eigenvalue weighted by atomic mass is 16.5. The van der Waals surface area contributed by atoms with Gasteiger partial charge >= 0.3 is 6.03 Å². The summed E-state index contributed by atoms with van der Waals surface area (Å²) >= 11 is 0. The highest BCUT2D eigenvalue weighted by Gasteiger charge is 2.21. The van der Waals surface area contributed by atoms with Gasteiger partial charge in [-0.15, -0.1) is 0 Å². The number of carbonyl (C=O) groups is 1. The smallest absolute Gasteiger partial charge is 0.321 e. The van der Waals surface area contributed by atoms with Crippen LogP contribution in [0.1, 0.15) is 5.89 Å². The lowest BCUT2D eigenvalue weighted by Crippen LogP contribution is -2.50. The van der Waals surface area contributed by atoms with E-state index in [4.69, 9.17) is 4.52 Å². The molecule has 0 atom stereocenters. The zero-order chi connectivity index (χ0) is 18.6. The van der Waals surface area contributed by atoms with Gasteiger partial charge in [0, 0.05) is 50.0 Å². The van der Waals surface area contributed by atoms with E-state index in [-0.39, 0.29) is 6.03 Å². The zero-order valence-corrected chi connectivity index (χ0v) is 15.1. The fraction of sp³-hybridized carbons (Fsp3) is 0.250. The molecule has 0 bridgehead atoms. The van der Waals surface area contributed by atoms with Crippen LogP contribution in [-0.2, 0) is 0 Å². The second-order valence-electron chi connectivity index (χ2n) is 6.46. The van der Waals surface area contributed by atoms with E-state index in [1.54, 1.807) is 6.92 Å². The minimum atomic E-state index is -0.0934. The molecule has 138 valence electrons. The molecule has 3 aromatic rings. The number of nitrogens with zero attached hydrogens (tertiary/aromatic N) is 4.